The highest BCUT2D eigenvalue weighted by Gasteiger charge is 2.04. The second kappa shape index (κ2) is 9.40. The van der Waals surface area contributed by atoms with Crippen molar-refractivity contribution in [2.45, 2.75) is 40.0 Å². The van der Waals surface area contributed by atoms with Crippen LogP contribution in [0.15, 0.2) is 18.2 Å². The number of aliphatic hydroxyl groups is 1. The summed E-state index contributed by atoms with van der Waals surface area (Å²) in [5.74, 6) is 1.15. The number of carbonyl (C=O) groups excluding carboxylic acids is 1. The number of ether oxygens (including phenoxy) is 1. The van der Waals surface area contributed by atoms with Crippen LogP contribution in [0, 0.1) is 19.8 Å². The maximum Gasteiger partial charge on any atom is 0.223 e. The highest BCUT2D eigenvalue weighted by Crippen LogP contribution is 2.18. The van der Waals surface area contributed by atoms with Gasteiger partial charge in [0.25, 0.3) is 0 Å². The van der Waals surface area contributed by atoms with Gasteiger partial charge in [-0.1, -0.05) is 24.6 Å². The topological polar surface area (TPSA) is 58.6 Å². The fourth-order valence-corrected chi connectivity index (χ4v) is 2.07. The van der Waals surface area contributed by atoms with Crippen LogP contribution in [0.2, 0.25) is 0 Å². The van der Waals surface area contributed by atoms with E-state index in [9.17, 15) is 4.79 Å². The van der Waals surface area contributed by atoms with Crippen LogP contribution in [0.4, 0.5) is 0 Å². The summed E-state index contributed by atoms with van der Waals surface area (Å²) in [7, 11) is 0. The average Bonchev–Trinajstić information content (AvgIpc) is 2.45. The number of hydrogen-bond acceptors (Lipinski definition) is 3. The first-order valence-electron chi connectivity index (χ1n) is 7.60. The third-order valence-electron chi connectivity index (χ3n) is 3.42. The Balaban J connectivity index is 2.16. The highest BCUT2D eigenvalue weighted by molar-refractivity contribution is 5.75. The van der Waals surface area contributed by atoms with E-state index in [0.29, 0.717) is 25.5 Å². The van der Waals surface area contributed by atoms with E-state index in [1.165, 1.54) is 5.56 Å². The van der Waals surface area contributed by atoms with Crippen molar-refractivity contribution in [2.24, 2.45) is 5.92 Å². The average molecular weight is 293 g/mol. The van der Waals surface area contributed by atoms with E-state index in [2.05, 4.69) is 11.4 Å². The SMILES string of the molecule is Cc1ccc(OCCC(=O)NCCCC(C)CO)c(C)c1. The predicted molar refractivity (Wildman–Crippen MR) is 84.5 cm³/mol. The number of benzene rings is 1. The van der Waals surface area contributed by atoms with Crippen molar-refractivity contribution in [3.05, 3.63) is 29.3 Å². The zero-order valence-electron chi connectivity index (χ0n) is 13.3. The molecule has 0 spiro atoms. The molecule has 0 aliphatic heterocycles. The van der Waals surface area contributed by atoms with Crippen LogP contribution in [0.25, 0.3) is 0 Å². The number of aliphatic hydroxyl groups excluding tert-OH is 1. The summed E-state index contributed by atoms with van der Waals surface area (Å²) >= 11 is 0. The molecule has 4 heteroatoms. The summed E-state index contributed by atoms with van der Waals surface area (Å²) in [6, 6.07) is 6.02. The van der Waals surface area contributed by atoms with E-state index >= 15 is 0 Å². The van der Waals surface area contributed by atoms with Crippen LogP contribution < -0.4 is 10.1 Å². The molecule has 0 aliphatic rings. The number of aryl methyl sites for hydroxylation is 2. The lowest BCUT2D eigenvalue weighted by Crippen LogP contribution is -2.26. The van der Waals surface area contributed by atoms with Gasteiger partial charge in [-0.3, -0.25) is 4.79 Å². The van der Waals surface area contributed by atoms with Crippen molar-refractivity contribution < 1.29 is 14.6 Å². The summed E-state index contributed by atoms with van der Waals surface area (Å²) in [6.45, 7) is 7.30. The van der Waals surface area contributed by atoms with Crippen LogP contribution in [-0.2, 0) is 4.79 Å². The minimum absolute atomic E-state index is 0.0106. The lowest BCUT2D eigenvalue weighted by molar-refractivity contribution is -0.121. The molecule has 0 fully saturated rings. The Morgan fingerprint density at radius 3 is 2.81 bits per heavy atom. The van der Waals surface area contributed by atoms with Crippen molar-refractivity contribution in [1.82, 2.24) is 5.32 Å². The van der Waals surface area contributed by atoms with Gasteiger partial charge in [0.2, 0.25) is 5.91 Å². The van der Waals surface area contributed by atoms with Gasteiger partial charge in [-0.15, -0.1) is 0 Å². The molecule has 1 rings (SSSR count). The van der Waals surface area contributed by atoms with Gasteiger partial charge < -0.3 is 15.2 Å². The zero-order valence-corrected chi connectivity index (χ0v) is 13.3. The number of hydrogen-bond donors (Lipinski definition) is 2. The lowest BCUT2D eigenvalue weighted by Gasteiger charge is -2.10. The van der Waals surface area contributed by atoms with Crippen LogP contribution in [0.5, 0.6) is 5.75 Å². The van der Waals surface area contributed by atoms with Gasteiger partial charge >= 0.3 is 0 Å². The Morgan fingerprint density at radius 1 is 1.38 bits per heavy atom. The molecule has 4 nitrogen and oxygen atoms in total. The Morgan fingerprint density at radius 2 is 2.14 bits per heavy atom. The molecule has 1 aromatic rings. The van der Waals surface area contributed by atoms with Crippen LogP contribution in [0.3, 0.4) is 0 Å². The van der Waals surface area contributed by atoms with E-state index < -0.39 is 0 Å². The van der Waals surface area contributed by atoms with Crippen molar-refractivity contribution in [2.75, 3.05) is 19.8 Å². The van der Waals surface area contributed by atoms with E-state index in [1.807, 2.05) is 32.9 Å². The number of nitrogens with one attached hydrogen (secondary N) is 1. The number of rotatable bonds is 9. The van der Waals surface area contributed by atoms with Crippen molar-refractivity contribution in [3.63, 3.8) is 0 Å². The number of amides is 1. The summed E-state index contributed by atoms with van der Waals surface area (Å²) < 4.78 is 5.63. The van der Waals surface area contributed by atoms with E-state index in [4.69, 9.17) is 9.84 Å². The Bertz CT molecular complexity index is 446. The maximum absolute atomic E-state index is 11.6. The van der Waals surface area contributed by atoms with E-state index in [-0.39, 0.29) is 12.5 Å². The molecule has 118 valence electrons. The fourth-order valence-electron chi connectivity index (χ4n) is 2.07. The van der Waals surface area contributed by atoms with Crippen molar-refractivity contribution in [1.29, 1.82) is 0 Å². The monoisotopic (exact) mass is 293 g/mol. The Labute approximate surface area is 127 Å². The molecule has 2 N–H and O–H groups in total. The molecule has 0 radical (unpaired) electrons. The van der Waals surface area contributed by atoms with Crippen molar-refractivity contribution >= 4 is 5.91 Å². The standard InChI is InChI=1S/C17H27NO3/c1-13-6-7-16(15(3)11-13)21-10-8-17(20)18-9-4-5-14(2)12-19/h6-7,11,14,19H,4-5,8-10,12H2,1-3H3,(H,18,20). The summed E-state index contributed by atoms with van der Waals surface area (Å²) in [5, 5.41) is 11.8. The zero-order chi connectivity index (χ0) is 15.7. The van der Waals surface area contributed by atoms with Crippen LogP contribution in [-0.4, -0.2) is 30.8 Å². The summed E-state index contributed by atoms with van der Waals surface area (Å²) in [6.07, 6.45) is 2.18. The van der Waals surface area contributed by atoms with Gasteiger partial charge in [0.05, 0.1) is 13.0 Å². The van der Waals surface area contributed by atoms with E-state index in [1.54, 1.807) is 0 Å². The molecule has 1 atom stereocenters. The van der Waals surface area contributed by atoms with Gasteiger partial charge in [0.15, 0.2) is 0 Å². The molecule has 0 saturated heterocycles. The fraction of sp³-hybridized carbons (Fsp3) is 0.588. The third-order valence-corrected chi connectivity index (χ3v) is 3.42. The van der Waals surface area contributed by atoms with Gasteiger partial charge in [-0.25, -0.2) is 0 Å². The largest absolute Gasteiger partial charge is 0.493 e. The molecule has 0 aromatic heterocycles. The Kier molecular flexibility index (Phi) is 7.83. The van der Waals surface area contributed by atoms with Crippen molar-refractivity contribution in [3.8, 4) is 5.75 Å². The van der Waals surface area contributed by atoms with Gasteiger partial charge in [-0.2, -0.15) is 0 Å². The quantitative estimate of drug-likeness (QED) is 0.688. The molecule has 0 bridgehead atoms. The first-order chi connectivity index (χ1) is 10.0. The molecule has 1 aromatic carbocycles. The Hall–Kier alpha value is -1.55. The van der Waals surface area contributed by atoms with Crippen LogP contribution >= 0.6 is 0 Å². The smallest absolute Gasteiger partial charge is 0.223 e. The van der Waals surface area contributed by atoms with Crippen LogP contribution in [0.1, 0.15) is 37.3 Å². The maximum atomic E-state index is 11.6. The molecular weight excluding hydrogens is 266 g/mol. The summed E-state index contributed by atoms with van der Waals surface area (Å²) in [5.41, 5.74) is 2.29. The molecular formula is C17H27NO3. The molecule has 0 heterocycles. The van der Waals surface area contributed by atoms with Gasteiger partial charge in [0.1, 0.15) is 5.75 Å². The molecule has 0 saturated carbocycles. The van der Waals surface area contributed by atoms with Gasteiger partial charge in [0, 0.05) is 13.2 Å². The highest BCUT2D eigenvalue weighted by atomic mass is 16.5. The predicted octanol–water partition coefficient (Wildman–Crippen LogP) is 2.60. The molecule has 21 heavy (non-hydrogen) atoms. The summed E-state index contributed by atoms with van der Waals surface area (Å²) in [4.78, 5) is 11.6. The molecule has 0 aliphatic carbocycles. The second-order valence-corrected chi connectivity index (χ2v) is 5.65. The third kappa shape index (κ3) is 7.14. The molecule has 1 amide bonds. The van der Waals surface area contributed by atoms with Gasteiger partial charge in [-0.05, 0) is 44.2 Å². The molecule has 1 unspecified atom stereocenters. The first-order valence-corrected chi connectivity index (χ1v) is 7.60. The lowest BCUT2D eigenvalue weighted by atomic mass is 10.1. The minimum atomic E-state index is 0.0106. The number of carbonyl (C=O) groups is 1. The first kappa shape index (κ1) is 17.5. The van der Waals surface area contributed by atoms with E-state index in [0.717, 1.165) is 24.2 Å². The second-order valence-electron chi connectivity index (χ2n) is 5.65. The normalized spacial score (nSPS) is 12.0. The minimum Gasteiger partial charge on any atom is -0.493 e.